The number of amides is 1. The predicted octanol–water partition coefficient (Wildman–Crippen LogP) is 4.15. The third-order valence-corrected chi connectivity index (χ3v) is 5.06. The first-order valence-electron chi connectivity index (χ1n) is 9.89. The van der Waals surface area contributed by atoms with Crippen molar-refractivity contribution in [3.8, 4) is 5.75 Å². The topological polar surface area (TPSA) is 88.7 Å². The third kappa shape index (κ3) is 5.71. The molecule has 1 aliphatic rings. The highest BCUT2D eigenvalue weighted by Crippen LogP contribution is 2.32. The number of amidine groups is 1. The van der Waals surface area contributed by atoms with Crippen molar-refractivity contribution >= 4 is 29.0 Å². The van der Waals surface area contributed by atoms with Gasteiger partial charge in [0.1, 0.15) is 17.3 Å². The highest BCUT2D eigenvalue weighted by atomic mass is 35.5. The van der Waals surface area contributed by atoms with Crippen LogP contribution in [-0.4, -0.2) is 24.0 Å². The number of halogens is 1. The minimum Gasteiger partial charge on any atom is -0.481 e. The highest BCUT2D eigenvalue weighted by Gasteiger charge is 2.19. The second-order valence-electron chi connectivity index (χ2n) is 7.15. The molecule has 1 aliphatic heterocycles. The van der Waals surface area contributed by atoms with E-state index in [1.54, 1.807) is 24.3 Å². The van der Waals surface area contributed by atoms with Gasteiger partial charge in [0.05, 0.1) is 6.17 Å². The van der Waals surface area contributed by atoms with Crippen molar-refractivity contribution in [2.24, 2.45) is 10.7 Å². The molecule has 7 heteroatoms. The van der Waals surface area contributed by atoms with Crippen LogP contribution in [0.2, 0.25) is 5.02 Å². The molecule has 0 saturated heterocycles. The van der Waals surface area contributed by atoms with Crippen LogP contribution in [0.1, 0.15) is 49.0 Å². The van der Waals surface area contributed by atoms with E-state index in [-0.39, 0.29) is 18.2 Å². The number of rotatable bonds is 8. The summed E-state index contributed by atoms with van der Waals surface area (Å²) in [5.41, 5.74) is 8.25. The number of fused-ring (bicyclic) bond motifs is 1. The average molecular weight is 415 g/mol. The van der Waals surface area contributed by atoms with Gasteiger partial charge in [-0.15, -0.1) is 0 Å². The minimum absolute atomic E-state index is 0.125. The molecule has 3 rings (SSSR count). The molecule has 2 aromatic carbocycles. The Morgan fingerprint density at radius 3 is 2.76 bits per heavy atom. The number of nitrogens with two attached hydrogens (primary N) is 1. The van der Waals surface area contributed by atoms with Crippen molar-refractivity contribution in [2.45, 2.75) is 51.9 Å². The Bertz CT molecular complexity index is 883. The molecule has 0 bridgehead atoms. The normalized spacial score (nSPS) is 16.4. The van der Waals surface area contributed by atoms with Gasteiger partial charge >= 0.3 is 0 Å². The van der Waals surface area contributed by atoms with E-state index in [1.807, 2.05) is 25.1 Å². The van der Waals surface area contributed by atoms with Crippen molar-refractivity contribution in [3.63, 3.8) is 0 Å². The SMILES string of the molecule is CCCCC(NCc1ccc2c(c1)N=C(N)C(C)O2)NC(=O)c1ccc(Cl)cc1. The lowest BCUT2D eigenvalue weighted by molar-refractivity contribution is 0.0925. The van der Waals surface area contributed by atoms with E-state index in [9.17, 15) is 4.79 Å². The molecule has 1 heterocycles. The van der Waals surface area contributed by atoms with E-state index in [2.05, 4.69) is 22.5 Å². The van der Waals surface area contributed by atoms with Crippen LogP contribution in [-0.2, 0) is 6.54 Å². The molecule has 154 valence electrons. The number of carbonyl (C=O) groups excluding carboxylic acids is 1. The standard InChI is InChI=1S/C22H27ClN4O2/c1-3-4-5-20(27-22(28)16-7-9-17(23)10-8-16)25-13-15-6-11-19-18(12-15)26-21(24)14(2)29-19/h6-12,14,20,25H,3-5,13H2,1-2H3,(H2,24,26)(H,27,28). The highest BCUT2D eigenvalue weighted by molar-refractivity contribution is 6.30. The Morgan fingerprint density at radius 2 is 2.03 bits per heavy atom. The quantitative estimate of drug-likeness (QED) is 0.566. The van der Waals surface area contributed by atoms with E-state index in [0.29, 0.717) is 23.0 Å². The van der Waals surface area contributed by atoms with E-state index in [1.165, 1.54) is 0 Å². The van der Waals surface area contributed by atoms with E-state index in [4.69, 9.17) is 22.1 Å². The van der Waals surface area contributed by atoms with Crippen molar-refractivity contribution in [1.29, 1.82) is 0 Å². The maximum absolute atomic E-state index is 12.6. The van der Waals surface area contributed by atoms with Gasteiger partial charge in [0, 0.05) is 17.1 Å². The number of aliphatic imine (C=N–C) groups is 1. The smallest absolute Gasteiger partial charge is 0.252 e. The van der Waals surface area contributed by atoms with Crippen molar-refractivity contribution in [2.75, 3.05) is 0 Å². The summed E-state index contributed by atoms with van der Waals surface area (Å²) in [7, 11) is 0. The number of benzene rings is 2. The lowest BCUT2D eigenvalue weighted by Gasteiger charge is -2.23. The van der Waals surface area contributed by atoms with Crippen LogP contribution in [0.15, 0.2) is 47.5 Å². The Balaban J connectivity index is 1.64. The number of ether oxygens (including phenoxy) is 1. The first-order valence-corrected chi connectivity index (χ1v) is 10.3. The second-order valence-corrected chi connectivity index (χ2v) is 7.59. The van der Waals surface area contributed by atoms with Gasteiger partial charge in [-0.25, -0.2) is 4.99 Å². The summed E-state index contributed by atoms with van der Waals surface area (Å²) < 4.78 is 5.75. The van der Waals surface area contributed by atoms with Crippen LogP contribution in [0, 0.1) is 0 Å². The monoisotopic (exact) mass is 414 g/mol. The lowest BCUT2D eigenvalue weighted by Crippen LogP contribution is -2.45. The fraction of sp³-hybridized carbons (Fsp3) is 0.364. The van der Waals surface area contributed by atoms with Gasteiger partial charge in [0.25, 0.3) is 5.91 Å². The molecule has 0 aromatic heterocycles. The van der Waals surface area contributed by atoms with Crippen LogP contribution in [0.3, 0.4) is 0 Å². The summed E-state index contributed by atoms with van der Waals surface area (Å²) in [5.74, 6) is 1.08. The summed E-state index contributed by atoms with van der Waals surface area (Å²) in [6, 6.07) is 12.7. The lowest BCUT2D eigenvalue weighted by atomic mass is 10.1. The molecule has 0 fully saturated rings. The molecule has 0 aliphatic carbocycles. The Kier molecular flexibility index (Phi) is 7.12. The Labute approximate surface area is 176 Å². The van der Waals surface area contributed by atoms with Crippen LogP contribution in [0.4, 0.5) is 5.69 Å². The summed E-state index contributed by atoms with van der Waals surface area (Å²) >= 11 is 5.91. The molecule has 4 N–H and O–H groups in total. The van der Waals surface area contributed by atoms with Gasteiger partial charge < -0.3 is 15.8 Å². The second kappa shape index (κ2) is 9.76. The van der Waals surface area contributed by atoms with Crippen molar-refractivity contribution in [1.82, 2.24) is 10.6 Å². The van der Waals surface area contributed by atoms with Gasteiger partial charge in [0.15, 0.2) is 6.10 Å². The van der Waals surface area contributed by atoms with Gasteiger partial charge in [-0.1, -0.05) is 37.4 Å². The number of hydrogen-bond acceptors (Lipinski definition) is 5. The van der Waals surface area contributed by atoms with Crippen LogP contribution >= 0.6 is 11.6 Å². The van der Waals surface area contributed by atoms with E-state index in [0.717, 1.165) is 36.3 Å². The zero-order valence-electron chi connectivity index (χ0n) is 16.7. The average Bonchev–Trinajstić information content (AvgIpc) is 2.71. The number of carbonyl (C=O) groups is 1. The van der Waals surface area contributed by atoms with E-state index < -0.39 is 0 Å². The summed E-state index contributed by atoms with van der Waals surface area (Å²) in [4.78, 5) is 17.0. The molecule has 0 saturated carbocycles. The van der Waals surface area contributed by atoms with Gasteiger partial charge in [0.2, 0.25) is 0 Å². The summed E-state index contributed by atoms with van der Waals surface area (Å²) in [5, 5.41) is 7.11. The molecule has 0 spiro atoms. The zero-order valence-corrected chi connectivity index (χ0v) is 17.5. The molecule has 0 radical (unpaired) electrons. The predicted molar refractivity (Wildman–Crippen MR) is 117 cm³/mol. The number of nitrogens with one attached hydrogen (secondary N) is 2. The number of hydrogen-bond donors (Lipinski definition) is 3. The first kappa shape index (κ1) is 21.1. The molecule has 6 nitrogen and oxygen atoms in total. The summed E-state index contributed by atoms with van der Waals surface area (Å²) in [6.07, 6.45) is 2.55. The van der Waals surface area contributed by atoms with Gasteiger partial charge in [-0.05, 0) is 55.3 Å². The van der Waals surface area contributed by atoms with Crippen molar-refractivity contribution < 1.29 is 9.53 Å². The maximum atomic E-state index is 12.6. The molecule has 2 aromatic rings. The maximum Gasteiger partial charge on any atom is 0.252 e. The van der Waals surface area contributed by atoms with Crippen LogP contribution in [0.5, 0.6) is 5.75 Å². The number of nitrogens with zero attached hydrogens (tertiary/aromatic N) is 1. The fourth-order valence-corrected chi connectivity index (χ4v) is 3.18. The molecule has 2 unspecified atom stereocenters. The first-order chi connectivity index (χ1) is 14.0. The van der Waals surface area contributed by atoms with Crippen LogP contribution in [0.25, 0.3) is 0 Å². The van der Waals surface area contributed by atoms with Crippen molar-refractivity contribution in [3.05, 3.63) is 58.6 Å². The van der Waals surface area contributed by atoms with Gasteiger partial charge in [-0.3, -0.25) is 10.1 Å². The number of unbranched alkanes of at least 4 members (excludes halogenated alkanes) is 1. The fourth-order valence-electron chi connectivity index (χ4n) is 3.06. The molecular weight excluding hydrogens is 388 g/mol. The molecule has 2 atom stereocenters. The molecular formula is C22H27ClN4O2. The Morgan fingerprint density at radius 1 is 1.28 bits per heavy atom. The van der Waals surface area contributed by atoms with Gasteiger partial charge in [-0.2, -0.15) is 0 Å². The van der Waals surface area contributed by atoms with E-state index >= 15 is 0 Å². The summed E-state index contributed by atoms with van der Waals surface area (Å²) in [6.45, 7) is 4.59. The minimum atomic E-state index is -0.215. The molecule has 1 amide bonds. The Hall–Kier alpha value is -2.57. The zero-order chi connectivity index (χ0) is 20.8. The molecule has 29 heavy (non-hydrogen) atoms. The third-order valence-electron chi connectivity index (χ3n) is 4.80. The van der Waals surface area contributed by atoms with Crippen LogP contribution < -0.4 is 21.1 Å². The largest absolute Gasteiger partial charge is 0.481 e.